The number of nitrogens with zero attached hydrogens (tertiary/aromatic N) is 1. The first-order valence-corrected chi connectivity index (χ1v) is 9.52. The number of hydrogen-bond acceptors (Lipinski definition) is 3. The summed E-state index contributed by atoms with van der Waals surface area (Å²) in [5.41, 5.74) is 8.71. The van der Waals surface area contributed by atoms with Crippen LogP contribution in [0.5, 0.6) is 5.75 Å². The summed E-state index contributed by atoms with van der Waals surface area (Å²) in [5, 5.41) is 3.63. The zero-order valence-corrected chi connectivity index (χ0v) is 15.1. The Morgan fingerprint density at radius 2 is 2.08 bits per heavy atom. The summed E-state index contributed by atoms with van der Waals surface area (Å²) in [6.45, 7) is 6.95. The van der Waals surface area contributed by atoms with Crippen LogP contribution in [-0.2, 0) is 6.42 Å². The lowest BCUT2D eigenvalue weighted by Gasteiger charge is -2.42. The summed E-state index contributed by atoms with van der Waals surface area (Å²) in [7, 11) is 1.74. The molecule has 0 amide bonds. The molecule has 0 radical (unpaired) electrons. The second kappa shape index (κ2) is 5.77. The zero-order chi connectivity index (χ0) is 17.0. The van der Waals surface area contributed by atoms with E-state index in [-0.39, 0.29) is 0 Å². The number of aryl methyl sites for hydroxylation is 2. The molecule has 3 aliphatic heterocycles. The third kappa shape index (κ3) is 2.36. The molecule has 2 aromatic rings. The zero-order valence-electron chi connectivity index (χ0n) is 15.1. The van der Waals surface area contributed by atoms with Gasteiger partial charge in [0, 0.05) is 37.8 Å². The van der Waals surface area contributed by atoms with Crippen molar-refractivity contribution < 1.29 is 4.74 Å². The number of rotatable bonds is 2. The summed E-state index contributed by atoms with van der Waals surface area (Å²) in [4.78, 5) is 2.66. The van der Waals surface area contributed by atoms with Crippen LogP contribution in [0.25, 0.3) is 11.1 Å². The second-order valence-electron chi connectivity index (χ2n) is 7.83. The lowest BCUT2D eigenvalue weighted by molar-refractivity contribution is 0.414. The smallest absolute Gasteiger partial charge is 0.119 e. The lowest BCUT2D eigenvalue weighted by atomic mass is 9.78. The van der Waals surface area contributed by atoms with Crippen molar-refractivity contribution in [3.05, 3.63) is 47.0 Å². The van der Waals surface area contributed by atoms with Crippen molar-refractivity contribution in [1.82, 2.24) is 5.32 Å². The van der Waals surface area contributed by atoms with Gasteiger partial charge in [-0.25, -0.2) is 0 Å². The molecular formula is C22H26N2O. The Kier molecular flexibility index (Phi) is 3.53. The van der Waals surface area contributed by atoms with E-state index in [1.807, 2.05) is 0 Å². The van der Waals surface area contributed by atoms with E-state index in [0.29, 0.717) is 5.92 Å². The SMILES string of the molecule is COc1ccc(-c2cc3c4c(c2)[C@@H]2CNC[C@H]2CN4CCC3)c(C)c1. The highest BCUT2D eigenvalue weighted by molar-refractivity contribution is 5.76. The molecular weight excluding hydrogens is 308 g/mol. The molecule has 3 nitrogen and oxygen atoms in total. The minimum atomic E-state index is 0.682. The van der Waals surface area contributed by atoms with E-state index in [1.54, 1.807) is 23.9 Å². The van der Waals surface area contributed by atoms with Crippen molar-refractivity contribution in [1.29, 1.82) is 0 Å². The van der Waals surface area contributed by atoms with Gasteiger partial charge in [0.25, 0.3) is 0 Å². The third-order valence-corrected chi connectivity index (χ3v) is 6.35. The van der Waals surface area contributed by atoms with E-state index in [2.05, 4.69) is 47.5 Å². The molecule has 0 unspecified atom stereocenters. The first kappa shape index (κ1) is 15.3. The monoisotopic (exact) mass is 334 g/mol. The largest absolute Gasteiger partial charge is 0.497 e. The van der Waals surface area contributed by atoms with E-state index >= 15 is 0 Å². The molecule has 0 bridgehead atoms. The number of nitrogens with one attached hydrogen (secondary N) is 1. The minimum Gasteiger partial charge on any atom is -0.497 e. The van der Waals surface area contributed by atoms with Crippen LogP contribution in [0, 0.1) is 12.8 Å². The Morgan fingerprint density at radius 3 is 2.92 bits per heavy atom. The summed E-state index contributed by atoms with van der Waals surface area (Å²) in [6.07, 6.45) is 2.50. The number of benzene rings is 2. The normalized spacial score (nSPS) is 24.0. The van der Waals surface area contributed by atoms with Crippen molar-refractivity contribution in [3.63, 3.8) is 0 Å². The van der Waals surface area contributed by atoms with Crippen LogP contribution in [0.15, 0.2) is 30.3 Å². The number of hydrogen-bond donors (Lipinski definition) is 1. The summed E-state index contributed by atoms with van der Waals surface area (Å²) in [5.74, 6) is 2.39. The molecule has 5 rings (SSSR count). The highest BCUT2D eigenvalue weighted by Crippen LogP contribution is 2.46. The van der Waals surface area contributed by atoms with Crippen LogP contribution in [0.3, 0.4) is 0 Å². The molecule has 3 heteroatoms. The van der Waals surface area contributed by atoms with E-state index in [1.165, 1.54) is 49.2 Å². The molecule has 1 saturated heterocycles. The molecule has 1 N–H and O–H groups in total. The fourth-order valence-electron chi connectivity index (χ4n) is 5.15. The van der Waals surface area contributed by atoms with Gasteiger partial charge in [0.15, 0.2) is 0 Å². The molecule has 3 aliphatic rings. The molecule has 0 saturated carbocycles. The summed E-state index contributed by atoms with van der Waals surface area (Å²) in [6, 6.07) is 11.4. The maximum absolute atomic E-state index is 5.39. The van der Waals surface area contributed by atoms with E-state index < -0.39 is 0 Å². The van der Waals surface area contributed by atoms with Crippen molar-refractivity contribution in [2.24, 2.45) is 5.92 Å². The number of ether oxygens (including phenoxy) is 1. The van der Waals surface area contributed by atoms with Crippen LogP contribution < -0.4 is 15.0 Å². The Balaban J connectivity index is 1.67. The first-order valence-electron chi connectivity index (χ1n) is 9.52. The highest BCUT2D eigenvalue weighted by Gasteiger charge is 2.38. The molecule has 0 aromatic heterocycles. The van der Waals surface area contributed by atoms with Crippen molar-refractivity contribution in [3.8, 4) is 16.9 Å². The molecule has 2 aromatic carbocycles. The second-order valence-corrected chi connectivity index (χ2v) is 7.83. The number of fused-ring (bicyclic) bond motifs is 2. The van der Waals surface area contributed by atoms with Gasteiger partial charge in [0.1, 0.15) is 5.75 Å². The fourth-order valence-corrected chi connectivity index (χ4v) is 5.15. The van der Waals surface area contributed by atoms with Crippen LogP contribution in [0.2, 0.25) is 0 Å². The van der Waals surface area contributed by atoms with Crippen LogP contribution in [0.4, 0.5) is 5.69 Å². The van der Waals surface area contributed by atoms with Crippen molar-refractivity contribution >= 4 is 5.69 Å². The van der Waals surface area contributed by atoms with Crippen LogP contribution in [0.1, 0.15) is 29.0 Å². The highest BCUT2D eigenvalue weighted by atomic mass is 16.5. The Hall–Kier alpha value is -2.00. The van der Waals surface area contributed by atoms with Crippen LogP contribution in [-0.4, -0.2) is 33.3 Å². The van der Waals surface area contributed by atoms with E-state index in [4.69, 9.17) is 4.74 Å². The Labute approximate surface area is 150 Å². The maximum atomic E-state index is 5.39. The van der Waals surface area contributed by atoms with Gasteiger partial charge in [-0.15, -0.1) is 0 Å². The predicted molar refractivity (Wildman–Crippen MR) is 103 cm³/mol. The van der Waals surface area contributed by atoms with Crippen LogP contribution >= 0.6 is 0 Å². The molecule has 2 atom stereocenters. The number of methoxy groups -OCH3 is 1. The topological polar surface area (TPSA) is 24.5 Å². The Bertz CT molecular complexity index is 829. The van der Waals surface area contributed by atoms with Gasteiger partial charge in [0.05, 0.1) is 7.11 Å². The molecule has 25 heavy (non-hydrogen) atoms. The minimum absolute atomic E-state index is 0.682. The van der Waals surface area contributed by atoms with E-state index in [0.717, 1.165) is 18.2 Å². The quantitative estimate of drug-likeness (QED) is 0.905. The van der Waals surface area contributed by atoms with Crippen molar-refractivity contribution in [2.45, 2.75) is 25.7 Å². The van der Waals surface area contributed by atoms with E-state index in [9.17, 15) is 0 Å². The average molecular weight is 334 g/mol. The first-order chi connectivity index (χ1) is 12.2. The van der Waals surface area contributed by atoms with Gasteiger partial charge in [0.2, 0.25) is 0 Å². The van der Waals surface area contributed by atoms with Crippen molar-refractivity contribution in [2.75, 3.05) is 38.2 Å². The van der Waals surface area contributed by atoms with Gasteiger partial charge < -0.3 is 15.0 Å². The van der Waals surface area contributed by atoms with Gasteiger partial charge in [-0.3, -0.25) is 0 Å². The fraction of sp³-hybridized carbons (Fsp3) is 0.455. The average Bonchev–Trinajstić information content (AvgIpc) is 3.10. The molecule has 0 spiro atoms. The molecule has 0 aliphatic carbocycles. The third-order valence-electron chi connectivity index (χ3n) is 6.35. The standard InChI is InChI=1S/C22H26N2O/c1-14-8-18(25-2)5-6-19(14)16-9-15-4-3-7-24-13-17-11-23-12-21(17)20(10-16)22(15)24/h5-6,8-10,17,21,23H,3-4,7,11-13H2,1-2H3/t17-,21+/m0/s1. The predicted octanol–water partition coefficient (Wildman–Crippen LogP) is 3.74. The summed E-state index contributed by atoms with van der Waals surface area (Å²) < 4.78 is 5.39. The Morgan fingerprint density at radius 1 is 1.16 bits per heavy atom. The number of anilines is 1. The molecule has 3 heterocycles. The lowest BCUT2D eigenvalue weighted by Crippen LogP contribution is -2.40. The maximum Gasteiger partial charge on any atom is 0.119 e. The van der Waals surface area contributed by atoms with Gasteiger partial charge >= 0.3 is 0 Å². The van der Waals surface area contributed by atoms with Gasteiger partial charge in [-0.05, 0) is 77.8 Å². The molecule has 1 fully saturated rings. The van der Waals surface area contributed by atoms with Gasteiger partial charge in [-0.2, -0.15) is 0 Å². The van der Waals surface area contributed by atoms with Gasteiger partial charge in [-0.1, -0.05) is 6.07 Å². The molecule has 130 valence electrons. The summed E-state index contributed by atoms with van der Waals surface area (Å²) >= 11 is 0.